The van der Waals surface area contributed by atoms with Gasteiger partial charge >= 0.3 is 0 Å². The number of nitrogens with zero attached hydrogens (tertiary/aromatic N) is 1. The summed E-state index contributed by atoms with van der Waals surface area (Å²) in [4.78, 5) is 2.26. The van der Waals surface area contributed by atoms with Crippen LogP contribution in [-0.4, -0.2) is 23.0 Å². The molecule has 0 radical (unpaired) electrons. The van der Waals surface area contributed by atoms with E-state index in [2.05, 4.69) is 0 Å². The van der Waals surface area contributed by atoms with Crippen molar-refractivity contribution in [2.45, 2.75) is 19.9 Å². The third-order valence-electron chi connectivity index (χ3n) is 2.34. The van der Waals surface area contributed by atoms with Crippen LogP contribution < -0.4 is 5.73 Å². The van der Waals surface area contributed by atoms with Gasteiger partial charge in [0.15, 0.2) is 11.6 Å². The van der Waals surface area contributed by atoms with E-state index in [1.54, 1.807) is 6.07 Å². The number of thiocarbonyl (C=S) groups is 1. The second kappa shape index (κ2) is 6.61. The van der Waals surface area contributed by atoms with E-state index in [0.29, 0.717) is 23.6 Å². The lowest BCUT2D eigenvalue weighted by Gasteiger charge is -2.21. The third kappa shape index (κ3) is 4.36. The van der Waals surface area contributed by atoms with Crippen LogP contribution in [0.4, 0.5) is 8.78 Å². The van der Waals surface area contributed by atoms with Crippen LogP contribution in [0.1, 0.15) is 18.9 Å². The molecule has 0 aliphatic heterocycles. The van der Waals surface area contributed by atoms with Crippen LogP contribution in [0.15, 0.2) is 18.2 Å². The van der Waals surface area contributed by atoms with Crippen LogP contribution in [0.2, 0.25) is 0 Å². The quantitative estimate of drug-likeness (QED) is 0.795. The lowest BCUT2D eigenvalue weighted by molar-refractivity contribution is 0.297. The first-order chi connectivity index (χ1) is 8.04. The zero-order valence-electron chi connectivity index (χ0n) is 9.75. The van der Waals surface area contributed by atoms with E-state index in [-0.39, 0.29) is 0 Å². The van der Waals surface area contributed by atoms with Gasteiger partial charge in [0.2, 0.25) is 0 Å². The second-order valence-corrected chi connectivity index (χ2v) is 4.41. The summed E-state index contributed by atoms with van der Waals surface area (Å²) >= 11 is 4.83. The molecular weight excluding hydrogens is 242 g/mol. The highest BCUT2D eigenvalue weighted by molar-refractivity contribution is 7.80. The van der Waals surface area contributed by atoms with Gasteiger partial charge in [-0.3, -0.25) is 4.90 Å². The Kier molecular flexibility index (Phi) is 5.44. The number of hydrogen-bond acceptors (Lipinski definition) is 2. The smallest absolute Gasteiger partial charge is 0.163 e. The van der Waals surface area contributed by atoms with Crippen molar-refractivity contribution in [2.24, 2.45) is 5.73 Å². The minimum Gasteiger partial charge on any atom is -0.392 e. The van der Waals surface area contributed by atoms with Gasteiger partial charge in [-0.25, -0.2) is 8.78 Å². The highest BCUT2D eigenvalue weighted by atomic mass is 32.1. The normalized spacial score (nSPS) is 10.8. The predicted molar refractivity (Wildman–Crippen MR) is 68.7 cm³/mol. The number of nitrogens with two attached hydrogens (primary N) is 1. The maximum Gasteiger partial charge on any atom is 0.163 e. The predicted octanol–water partition coefficient (Wildman–Crippen LogP) is 2.46. The highest BCUT2D eigenvalue weighted by Crippen LogP contribution is 2.13. The number of hydrogen-bond donors (Lipinski definition) is 1. The van der Waals surface area contributed by atoms with Crippen molar-refractivity contribution in [3.05, 3.63) is 35.4 Å². The molecule has 0 heterocycles. The molecule has 0 atom stereocenters. The van der Waals surface area contributed by atoms with E-state index in [0.717, 1.165) is 19.0 Å². The Bertz CT molecular complexity index is 396. The zero-order valence-corrected chi connectivity index (χ0v) is 10.6. The Morgan fingerprint density at radius 2 is 2.12 bits per heavy atom. The molecule has 1 aromatic carbocycles. The molecule has 0 unspecified atom stereocenters. The van der Waals surface area contributed by atoms with Crippen LogP contribution in [0.3, 0.4) is 0 Å². The van der Waals surface area contributed by atoms with Gasteiger partial charge in [0.25, 0.3) is 0 Å². The van der Waals surface area contributed by atoms with Gasteiger partial charge in [-0.1, -0.05) is 31.3 Å². The monoisotopic (exact) mass is 258 g/mol. The van der Waals surface area contributed by atoms with E-state index < -0.39 is 11.6 Å². The molecule has 0 bridgehead atoms. The van der Waals surface area contributed by atoms with Gasteiger partial charge in [0.05, 0.1) is 4.99 Å². The molecule has 0 fully saturated rings. The first-order valence-electron chi connectivity index (χ1n) is 5.48. The molecule has 0 aliphatic carbocycles. The van der Waals surface area contributed by atoms with Crippen LogP contribution >= 0.6 is 12.2 Å². The molecule has 1 aromatic rings. The Morgan fingerprint density at radius 1 is 1.41 bits per heavy atom. The van der Waals surface area contributed by atoms with Crippen molar-refractivity contribution in [1.29, 1.82) is 0 Å². The molecule has 0 saturated heterocycles. The van der Waals surface area contributed by atoms with Gasteiger partial charge in [0.1, 0.15) is 0 Å². The molecular formula is C12H16F2N2S. The van der Waals surface area contributed by atoms with Crippen LogP contribution in [0, 0.1) is 11.6 Å². The summed E-state index contributed by atoms with van der Waals surface area (Å²) in [6, 6.07) is 4.18. The van der Waals surface area contributed by atoms with Crippen molar-refractivity contribution in [3.63, 3.8) is 0 Å². The molecule has 17 heavy (non-hydrogen) atoms. The van der Waals surface area contributed by atoms with Gasteiger partial charge < -0.3 is 5.73 Å². The van der Waals surface area contributed by atoms with Crippen molar-refractivity contribution >= 4 is 17.2 Å². The lowest BCUT2D eigenvalue weighted by atomic mass is 10.2. The van der Waals surface area contributed by atoms with Crippen molar-refractivity contribution in [2.75, 3.05) is 13.1 Å². The fourth-order valence-electron chi connectivity index (χ4n) is 1.66. The highest BCUT2D eigenvalue weighted by Gasteiger charge is 2.12. The zero-order chi connectivity index (χ0) is 12.8. The maximum absolute atomic E-state index is 13.5. The molecule has 0 spiro atoms. The van der Waals surface area contributed by atoms with E-state index >= 15 is 0 Å². The molecule has 0 aliphatic rings. The van der Waals surface area contributed by atoms with Gasteiger partial charge in [-0.2, -0.15) is 0 Å². The summed E-state index contributed by atoms with van der Waals surface area (Å²) < 4.78 is 26.5. The minimum absolute atomic E-state index is 0.314. The number of rotatable bonds is 6. The average molecular weight is 258 g/mol. The molecule has 0 aromatic heterocycles. The first-order valence-corrected chi connectivity index (χ1v) is 5.89. The fraction of sp³-hybridized carbons (Fsp3) is 0.417. The van der Waals surface area contributed by atoms with Crippen molar-refractivity contribution in [1.82, 2.24) is 4.90 Å². The summed E-state index contributed by atoms with van der Waals surface area (Å²) in [5.41, 5.74) is 5.80. The topological polar surface area (TPSA) is 29.3 Å². The lowest BCUT2D eigenvalue weighted by Crippen LogP contribution is -2.33. The Labute approximate surface area is 105 Å². The first kappa shape index (κ1) is 14.0. The molecule has 94 valence electrons. The standard InChI is InChI=1S/C12H16F2N2S/c1-2-6-16(8-11(15)17)7-9-4-3-5-10(13)12(9)14/h3-5H,2,6-8H2,1H3,(H2,15,17). The van der Waals surface area contributed by atoms with Crippen LogP contribution in [0.25, 0.3) is 0 Å². The van der Waals surface area contributed by atoms with Crippen LogP contribution in [0.5, 0.6) is 0 Å². The number of benzene rings is 1. The minimum atomic E-state index is -0.825. The Morgan fingerprint density at radius 3 is 2.71 bits per heavy atom. The van der Waals surface area contributed by atoms with Gasteiger partial charge in [-0.05, 0) is 19.0 Å². The SMILES string of the molecule is CCCN(CC(N)=S)Cc1cccc(F)c1F. The molecule has 2 nitrogen and oxygen atoms in total. The Balaban J connectivity index is 2.78. The van der Waals surface area contributed by atoms with E-state index in [4.69, 9.17) is 18.0 Å². The van der Waals surface area contributed by atoms with Crippen molar-refractivity contribution in [3.8, 4) is 0 Å². The van der Waals surface area contributed by atoms with E-state index in [1.807, 2.05) is 11.8 Å². The number of halogens is 2. The molecule has 0 amide bonds. The summed E-state index contributed by atoms with van der Waals surface area (Å²) in [7, 11) is 0. The summed E-state index contributed by atoms with van der Waals surface area (Å²) in [6.45, 7) is 3.48. The summed E-state index contributed by atoms with van der Waals surface area (Å²) in [6.07, 6.45) is 0.902. The second-order valence-electron chi connectivity index (χ2n) is 3.89. The molecule has 2 N–H and O–H groups in total. The molecule has 1 rings (SSSR count). The van der Waals surface area contributed by atoms with Crippen molar-refractivity contribution < 1.29 is 8.78 Å². The van der Waals surface area contributed by atoms with Crippen LogP contribution in [-0.2, 0) is 6.54 Å². The van der Waals surface area contributed by atoms with E-state index in [9.17, 15) is 8.78 Å². The molecule has 5 heteroatoms. The summed E-state index contributed by atoms with van der Waals surface area (Å²) in [5.74, 6) is -1.62. The van der Waals surface area contributed by atoms with E-state index in [1.165, 1.54) is 6.07 Å². The summed E-state index contributed by atoms with van der Waals surface area (Å²) in [5, 5.41) is 0. The third-order valence-corrected chi connectivity index (χ3v) is 2.47. The van der Waals surface area contributed by atoms with Gasteiger partial charge in [-0.15, -0.1) is 0 Å². The largest absolute Gasteiger partial charge is 0.392 e. The molecule has 0 saturated carbocycles. The van der Waals surface area contributed by atoms with Gasteiger partial charge in [0, 0.05) is 18.7 Å². The fourth-order valence-corrected chi connectivity index (χ4v) is 1.84. The maximum atomic E-state index is 13.5. The average Bonchev–Trinajstić information content (AvgIpc) is 2.24. The Hall–Kier alpha value is -1.07.